The summed E-state index contributed by atoms with van der Waals surface area (Å²) in [6, 6.07) is 12.7. The molecule has 3 N–H and O–H groups in total. The predicted octanol–water partition coefficient (Wildman–Crippen LogP) is 5.36. The first-order valence-corrected chi connectivity index (χ1v) is 27.7. The van der Waals surface area contributed by atoms with Crippen molar-refractivity contribution in [3.8, 4) is 0 Å². The molecule has 6 heterocycles. The third kappa shape index (κ3) is 13.4. The Morgan fingerprint density at radius 2 is 1.69 bits per heavy atom. The fourth-order valence-corrected chi connectivity index (χ4v) is 10.7. The zero-order valence-electron chi connectivity index (χ0n) is 45.3. The van der Waals surface area contributed by atoms with Crippen LogP contribution in [-0.4, -0.2) is 128 Å². The highest BCUT2D eigenvalue weighted by Crippen LogP contribution is 2.41. The van der Waals surface area contributed by atoms with Gasteiger partial charge in [0, 0.05) is 80.3 Å². The quantitative estimate of drug-likeness (QED) is 0.0661. The molecule has 0 bridgehead atoms. The molecule has 7 amide bonds. The third-order valence-corrected chi connectivity index (χ3v) is 15.4. The van der Waals surface area contributed by atoms with E-state index in [1.165, 1.54) is 18.2 Å². The molecular formula is C55H69N11O11S. The van der Waals surface area contributed by atoms with Gasteiger partial charge < -0.3 is 34.8 Å². The summed E-state index contributed by atoms with van der Waals surface area (Å²) >= 11 is 1.62. The standard InChI is InChI=1S/C55H69N11O11S/c1-8-64(54(74)76-29-36-14-16-39(17-15-36)58-51(71)35(5)57-52(72)50(33(2)3)60-46(67)12-9-13-49(70)77-66-47(68)18-19-48(66)69)43-23-38(55(30-75-31-55)25-45-61-56-32-62(45)6)24-44(59-43)65-28-41-40(53(65)73)21-37(22-42(41)78-7)27-63-20-10-11-34(4)26-63/h14-17,21-24,32-35,50H,8-13,18-20,25-31H2,1-7H3,(H,57,72)(H,58,71)(H,60,67)/t34-,35?,50?/m0/s1. The lowest BCUT2D eigenvalue weighted by Gasteiger charge is -2.42. The number of rotatable bonds is 22. The summed E-state index contributed by atoms with van der Waals surface area (Å²) in [5.74, 6) is -2.10. The molecule has 22 nitrogen and oxygen atoms in total. The molecule has 4 aliphatic heterocycles. The van der Waals surface area contributed by atoms with Gasteiger partial charge in [0.2, 0.25) is 17.7 Å². The molecule has 8 rings (SSSR count). The molecule has 0 radical (unpaired) electrons. The Morgan fingerprint density at radius 1 is 0.949 bits per heavy atom. The molecule has 0 aliphatic carbocycles. The summed E-state index contributed by atoms with van der Waals surface area (Å²) in [6.07, 6.45) is 5.49. The molecule has 2 unspecified atom stereocenters. The van der Waals surface area contributed by atoms with Crippen LogP contribution in [0.5, 0.6) is 0 Å². The Balaban J connectivity index is 0.896. The van der Waals surface area contributed by atoms with Crippen LogP contribution in [0.15, 0.2) is 59.8 Å². The van der Waals surface area contributed by atoms with Crippen LogP contribution in [0.1, 0.15) is 118 Å². The van der Waals surface area contributed by atoms with Crippen molar-refractivity contribution in [1.82, 2.24) is 40.3 Å². The highest BCUT2D eigenvalue weighted by atomic mass is 32.2. The Morgan fingerprint density at radius 3 is 2.33 bits per heavy atom. The molecule has 23 heteroatoms. The number of hydrogen-bond acceptors (Lipinski definition) is 16. The molecule has 4 aliphatic rings. The Bertz CT molecular complexity index is 2910. The number of piperidine rings is 1. The van der Waals surface area contributed by atoms with Crippen molar-refractivity contribution in [2.75, 3.05) is 54.2 Å². The van der Waals surface area contributed by atoms with E-state index in [2.05, 4.69) is 44.0 Å². The second-order valence-electron chi connectivity index (χ2n) is 21.0. The summed E-state index contributed by atoms with van der Waals surface area (Å²) in [4.78, 5) is 120. The average molecular weight is 1090 g/mol. The number of imide groups is 1. The SMILES string of the molecule is CCN(C(=O)OCc1ccc(NC(=O)C(C)NC(=O)C(NC(=O)CCCC(=O)ON2C(=O)CCC2=O)C(C)C)cc1)c1cc(C2(Cc3nncn3C)COC2)cc(N2Cc3c(SC)cc(CN4CCC[C@H](C)C4)cc3C2=O)n1. The van der Waals surface area contributed by atoms with Gasteiger partial charge in [-0.1, -0.05) is 32.9 Å². The number of benzene rings is 2. The van der Waals surface area contributed by atoms with Crippen LogP contribution in [-0.2, 0) is 81.7 Å². The van der Waals surface area contributed by atoms with Crippen LogP contribution in [0.25, 0.3) is 0 Å². The number of carbonyl (C=O) groups excluding carboxylic acids is 8. The lowest BCUT2D eigenvalue weighted by molar-refractivity contribution is -0.197. The first-order chi connectivity index (χ1) is 37.3. The van der Waals surface area contributed by atoms with E-state index in [0.717, 1.165) is 53.5 Å². The van der Waals surface area contributed by atoms with Gasteiger partial charge in [-0.25, -0.2) is 14.6 Å². The fourth-order valence-electron chi connectivity index (χ4n) is 10.0. The highest BCUT2D eigenvalue weighted by Gasteiger charge is 2.44. The number of hydroxylamine groups is 2. The summed E-state index contributed by atoms with van der Waals surface area (Å²) < 4.78 is 13.6. The minimum absolute atomic E-state index is 0.0361. The van der Waals surface area contributed by atoms with Gasteiger partial charge in [0.15, 0.2) is 0 Å². The van der Waals surface area contributed by atoms with E-state index in [9.17, 15) is 38.4 Å². The van der Waals surface area contributed by atoms with Crippen molar-refractivity contribution in [3.63, 3.8) is 0 Å². The van der Waals surface area contributed by atoms with Gasteiger partial charge in [-0.05, 0) is 116 Å². The number of likely N-dealkylation sites (tertiary alicyclic amines) is 1. The molecule has 3 saturated heterocycles. The first-order valence-electron chi connectivity index (χ1n) is 26.5. The molecule has 2 aromatic carbocycles. The largest absolute Gasteiger partial charge is 0.444 e. The number of anilines is 3. The molecule has 0 saturated carbocycles. The number of carbonyl (C=O) groups is 8. The van der Waals surface area contributed by atoms with Crippen molar-refractivity contribution in [1.29, 1.82) is 0 Å². The molecule has 3 atom stereocenters. The van der Waals surface area contributed by atoms with Crippen LogP contribution in [0.3, 0.4) is 0 Å². The summed E-state index contributed by atoms with van der Waals surface area (Å²) in [5, 5.41) is 17.0. The van der Waals surface area contributed by atoms with E-state index in [1.54, 1.807) is 61.1 Å². The van der Waals surface area contributed by atoms with Crippen molar-refractivity contribution in [2.24, 2.45) is 18.9 Å². The zero-order valence-corrected chi connectivity index (χ0v) is 46.1. The van der Waals surface area contributed by atoms with Crippen LogP contribution in [0, 0.1) is 11.8 Å². The lowest BCUT2D eigenvalue weighted by atomic mass is 9.75. The van der Waals surface area contributed by atoms with Gasteiger partial charge in [0.05, 0.1) is 19.8 Å². The number of aromatic nitrogens is 4. The number of aryl methyl sites for hydroxylation is 1. The topological polar surface area (TPSA) is 257 Å². The molecule has 0 spiro atoms. The number of hydrogen-bond donors (Lipinski definition) is 3. The highest BCUT2D eigenvalue weighted by molar-refractivity contribution is 7.98. The molecule has 4 aromatic rings. The number of thioether (sulfide) groups is 1. The number of ether oxygens (including phenoxy) is 2. The van der Waals surface area contributed by atoms with E-state index in [4.69, 9.17) is 19.3 Å². The van der Waals surface area contributed by atoms with Crippen molar-refractivity contribution >= 4 is 76.6 Å². The van der Waals surface area contributed by atoms with Gasteiger partial charge in [0.25, 0.3) is 17.7 Å². The third-order valence-electron chi connectivity index (χ3n) is 14.6. The number of amides is 7. The van der Waals surface area contributed by atoms with E-state index in [-0.39, 0.29) is 57.1 Å². The fraction of sp³-hybridized carbons (Fsp3) is 0.509. The Hall–Kier alpha value is -7.24. The maximum Gasteiger partial charge on any atom is 0.415 e. The number of fused-ring (bicyclic) bond motifs is 1. The minimum atomic E-state index is -1.01. The Labute approximate surface area is 457 Å². The van der Waals surface area contributed by atoms with Crippen LogP contribution in [0.2, 0.25) is 0 Å². The average Bonchev–Trinajstić information content (AvgIpc) is 4.16. The summed E-state index contributed by atoms with van der Waals surface area (Å²) in [6.45, 7) is 13.1. The van der Waals surface area contributed by atoms with E-state index < -0.39 is 59.1 Å². The molecule has 3 fully saturated rings. The predicted molar refractivity (Wildman–Crippen MR) is 288 cm³/mol. The van der Waals surface area contributed by atoms with Gasteiger partial charge in [-0.2, -0.15) is 0 Å². The van der Waals surface area contributed by atoms with Crippen molar-refractivity contribution in [2.45, 2.75) is 128 Å². The second kappa shape index (κ2) is 25.0. The van der Waals surface area contributed by atoms with Crippen LogP contribution in [0.4, 0.5) is 22.1 Å². The van der Waals surface area contributed by atoms with E-state index in [1.807, 2.05) is 43.0 Å². The number of nitrogens with zero attached hydrogens (tertiary/aromatic N) is 8. The lowest BCUT2D eigenvalue weighted by Crippen LogP contribution is -2.53. The Kier molecular flexibility index (Phi) is 18.3. The van der Waals surface area contributed by atoms with Gasteiger partial charge >= 0.3 is 12.1 Å². The van der Waals surface area contributed by atoms with Gasteiger partial charge in [0.1, 0.15) is 42.5 Å². The van der Waals surface area contributed by atoms with Gasteiger partial charge in [-0.15, -0.1) is 27.0 Å². The van der Waals surface area contributed by atoms with Gasteiger partial charge in [-0.3, -0.25) is 43.5 Å². The maximum absolute atomic E-state index is 14.6. The summed E-state index contributed by atoms with van der Waals surface area (Å²) in [5.41, 5.74) is 4.03. The van der Waals surface area contributed by atoms with Crippen molar-refractivity contribution < 1.29 is 52.7 Å². The maximum atomic E-state index is 14.6. The number of pyridine rings is 1. The molecule has 78 heavy (non-hydrogen) atoms. The minimum Gasteiger partial charge on any atom is -0.444 e. The molecular weight excluding hydrogens is 1020 g/mol. The first kappa shape index (κ1) is 56.9. The van der Waals surface area contributed by atoms with Crippen LogP contribution < -0.4 is 25.8 Å². The second-order valence-corrected chi connectivity index (χ2v) is 21.8. The molecule has 2 aromatic heterocycles. The monoisotopic (exact) mass is 1090 g/mol. The van der Waals surface area contributed by atoms with E-state index >= 15 is 0 Å². The molecule has 416 valence electrons. The van der Waals surface area contributed by atoms with Crippen LogP contribution >= 0.6 is 11.8 Å². The van der Waals surface area contributed by atoms with Crippen molar-refractivity contribution in [3.05, 3.63) is 88.5 Å². The smallest absolute Gasteiger partial charge is 0.415 e. The zero-order chi connectivity index (χ0) is 55.8. The number of nitrogens with one attached hydrogen (secondary N) is 3. The summed E-state index contributed by atoms with van der Waals surface area (Å²) in [7, 11) is 1.89. The van der Waals surface area contributed by atoms with E-state index in [0.29, 0.717) is 65.6 Å². The normalized spacial score (nSPS) is 17.8.